The van der Waals surface area contributed by atoms with Gasteiger partial charge in [-0.25, -0.2) is 4.98 Å². The Bertz CT molecular complexity index is 377. The molecule has 4 heteroatoms. The smallest absolute Gasteiger partial charge is 0.171 e. The van der Waals surface area contributed by atoms with Crippen molar-refractivity contribution in [2.75, 3.05) is 31.1 Å². The predicted octanol–water partition coefficient (Wildman–Crippen LogP) is 2.45. The van der Waals surface area contributed by atoms with E-state index in [2.05, 4.69) is 22.1 Å². The first-order chi connectivity index (χ1) is 9.35. The standard InChI is InChI=1S/C15H25N3O/c1-3-18(12-13-8-5-6-10-16-13)15-14(19-4-2)9-7-11-17-15/h7,9,11,13,16H,3-6,8,10,12H2,1-2H3. The Hall–Kier alpha value is -1.29. The number of hydrogen-bond acceptors (Lipinski definition) is 4. The van der Waals surface area contributed by atoms with Crippen LogP contribution in [0.15, 0.2) is 18.3 Å². The zero-order chi connectivity index (χ0) is 13.5. The van der Waals surface area contributed by atoms with E-state index < -0.39 is 0 Å². The maximum Gasteiger partial charge on any atom is 0.171 e. The number of nitrogens with one attached hydrogen (secondary N) is 1. The van der Waals surface area contributed by atoms with Crippen molar-refractivity contribution in [1.29, 1.82) is 0 Å². The van der Waals surface area contributed by atoms with E-state index in [-0.39, 0.29) is 0 Å². The molecule has 0 radical (unpaired) electrons. The molecule has 1 aliphatic rings. The fourth-order valence-electron chi connectivity index (χ4n) is 2.60. The van der Waals surface area contributed by atoms with Crippen LogP contribution in [0.2, 0.25) is 0 Å². The van der Waals surface area contributed by atoms with E-state index in [1.807, 2.05) is 25.3 Å². The predicted molar refractivity (Wildman–Crippen MR) is 78.9 cm³/mol. The third-order valence-electron chi connectivity index (χ3n) is 3.59. The number of rotatable bonds is 6. The Morgan fingerprint density at radius 1 is 1.42 bits per heavy atom. The molecule has 2 rings (SSSR count). The summed E-state index contributed by atoms with van der Waals surface area (Å²) in [6, 6.07) is 4.51. The van der Waals surface area contributed by atoms with E-state index >= 15 is 0 Å². The maximum absolute atomic E-state index is 5.68. The quantitative estimate of drug-likeness (QED) is 0.855. The van der Waals surface area contributed by atoms with Crippen LogP contribution in [-0.2, 0) is 0 Å². The van der Waals surface area contributed by atoms with Crippen LogP contribution in [0.4, 0.5) is 5.82 Å². The van der Waals surface area contributed by atoms with Crippen molar-refractivity contribution in [3.8, 4) is 5.75 Å². The highest BCUT2D eigenvalue weighted by Gasteiger charge is 2.19. The molecule has 0 spiro atoms. The van der Waals surface area contributed by atoms with Gasteiger partial charge in [-0.15, -0.1) is 0 Å². The fourth-order valence-corrected chi connectivity index (χ4v) is 2.60. The van der Waals surface area contributed by atoms with Crippen LogP contribution < -0.4 is 15.0 Å². The van der Waals surface area contributed by atoms with Gasteiger partial charge in [-0.1, -0.05) is 6.42 Å². The van der Waals surface area contributed by atoms with E-state index in [0.29, 0.717) is 12.6 Å². The molecule has 2 heterocycles. The van der Waals surface area contributed by atoms with Gasteiger partial charge in [0.25, 0.3) is 0 Å². The van der Waals surface area contributed by atoms with Crippen LogP contribution in [-0.4, -0.2) is 37.3 Å². The largest absolute Gasteiger partial charge is 0.490 e. The Labute approximate surface area is 116 Å². The summed E-state index contributed by atoms with van der Waals surface area (Å²) in [7, 11) is 0. The Balaban J connectivity index is 2.07. The summed E-state index contributed by atoms with van der Waals surface area (Å²) in [5.74, 6) is 1.86. The lowest BCUT2D eigenvalue weighted by molar-refractivity contribution is 0.337. The number of anilines is 1. The molecule has 0 aliphatic carbocycles. The van der Waals surface area contributed by atoms with Gasteiger partial charge in [0.2, 0.25) is 0 Å². The number of nitrogens with zero attached hydrogens (tertiary/aromatic N) is 2. The van der Waals surface area contributed by atoms with Gasteiger partial charge in [0.1, 0.15) is 0 Å². The van der Waals surface area contributed by atoms with E-state index in [1.165, 1.54) is 19.3 Å². The summed E-state index contributed by atoms with van der Waals surface area (Å²) in [4.78, 5) is 6.82. The molecule has 0 saturated carbocycles. The molecule has 4 nitrogen and oxygen atoms in total. The summed E-state index contributed by atoms with van der Waals surface area (Å²) in [6.07, 6.45) is 5.73. The average Bonchev–Trinajstić information content (AvgIpc) is 2.47. The van der Waals surface area contributed by atoms with Gasteiger partial charge in [0.05, 0.1) is 6.61 Å². The lowest BCUT2D eigenvalue weighted by atomic mass is 10.0. The first-order valence-electron chi connectivity index (χ1n) is 7.41. The van der Waals surface area contributed by atoms with Gasteiger partial charge in [-0.05, 0) is 45.4 Å². The lowest BCUT2D eigenvalue weighted by Crippen LogP contribution is -2.44. The van der Waals surface area contributed by atoms with Crippen LogP contribution in [0.25, 0.3) is 0 Å². The highest BCUT2D eigenvalue weighted by Crippen LogP contribution is 2.25. The van der Waals surface area contributed by atoms with Crippen molar-refractivity contribution in [2.24, 2.45) is 0 Å². The van der Waals surface area contributed by atoms with Crippen LogP contribution in [0.1, 0.15) is 33.1 Å². The summed E-state index contributed by atoms with van der Waals surface area (Å²) in [5.41, 5.74) is 0. The minimum atomic E-state index is 0.574. The van der Waals surface area contributed by atoms with Crippen molar-refractivity contribution in [1.82, 2.24) is 10.3 Å². The van der Waals surface area contributed by atoms with Gasteiger partial charge in [-0.2, -0.15) is 0 Å². The molecule has 106 valence electrons. The first-order valence-corrected chi connectivity index (χ1v) is 7.41. The highest BCUT2D eigenvalue weighted by atomic mass is 16.5. The molecule has 1 aromatic heterocycles. The normalized spacial score (nSPS) is 19.2. The minimum Gasteiger partial charge on any atom is -0.490 e. The number of piperidine rings is 1. The third kappa shape index (κ3) is 3.83. The van der Waals surface area contributed by atoms with Crippen LogP contribution in [0.5, 0.6) is 5.75 Å². The molecule has 0 amide bonds. The van der Waals surface area contributed by atoms with E-state index in [0.717, 1.165) is 31.2 Å². The van der Waals surface area contributed by atoms with Gasteiger partial charge in [-0.3, -0.25) is 0 Å². The molecule has 1 atom stereocenters. The molecular formula is C15H25N3O. The summed E-state index contributed by atoms with van der Waals surface area (Å²) in [6.45, 7) is 7.96. The highest BCUT2D eigenvalue weighted by molar-refractivity contribution is 5.52. The van der Waals surface area contributed by atoms with Crippen molar-refractivity contribution >= 4 is 5.82 Å². The molecule has 19 heavy (non-hydrogen) atoms. The second kappa shape index (κ2) is 7.34. The summed E-state index contributed by atoms with van der Waals surface area (Å²) >= 11 is 0. The molecule has 0 bridgehead atoms. The van der Waals surface area contributed by atoms with E-state index in [9.17, 15) is 0 Å². The second-order valence-electron chi connectivity index (χ2n) is 4.94. The van der Waals surface area contributed by atoms with Crippen molar-refractivity contribution in [3.63, 3.8) is 0 Å². The molecule has 1 saturated heterocycles. The van der Waals surface area contributed by atoms with Crippen LogP contribution in [0, 0.1) is 0 Å². The zero-order valence-electron chi connectivity index (χ0n) is 12.1. The Kier molecular flexibility index (Phi) is 5.45. The van der Waals surface area contributed by atoms with Crippen LogP contribution in [0.3, 0.4) is 0 Å². The molecule has 1 fully saturated rings. The fraction of sp³-hybridized carbons (Fsp3) is 0.667. The van der Waals surface area contributed by atoms with Crippen molar-refractivity contribution < 1.29 is 4.74 Å². The molecule has 1 N–H and O–H groups in total. The minimum absolute atomic E-state index is 0.574. The first kappa shape index (κ1) is 14.1. The molecule has 0 aromatic carbocycles. The topological polar surface area (TPSA) is 37.4 Å². The SMILES string of the molecule is CCOc1cccnc1N(CC)CC1CCCCN1. The van der Waals surface area contributed by atoms with E-state index in [1.54, 1.807) is 0 Å². The van der Waals surface area contributed by atoms with Crippen molar-refractivity contribution in [3.05, 3.63) is 18.3 Å². The van der Waals surface area contributed by atoms with E-state index in [4.69, 9.17) is 4.74 Å². The van der Waals surface area contributed by atoms with Crippen LogP contribution >= 0.6 is 0 Å². The molecule has 1 aliphatic heterocycles. The Morgan fingerprint density at radius 3 is 3.00 bits per heavy atom. The van der Waals surface area contributed by atoms with Gasteiger partial charge in [0, 0.05) is 25.3 Å². The number of ether oxygens (including phenoxy) is 1. The van der Waals surface area contributed by atoms with Crippen molar-refractivity contribution in [2.45, 2.75) is 39.2 Å². The number of hydrogen-bond donors (Lipinski definition) is 1. The summed E-state index contributed by atoms with van der Waals surface area (Å²) < 4.78 is 5.68. The monoisotopic (exact) mass is 263 g/mol. The average molecular weight is 263 g/mol. The number of likely N-dealkylation sites (N-methyl/N-ethyl adjacent to an activating group) is 1. The molecule has 1 aromatic rings. The van der Waals surface area contributed by atoms with Gasteiger partial charge < -0.3 is 15.0 Å². The van der Waals surface area contributed by atoms with Gasteiger partial charge in [0.15, 0.2) is 11.6 Å². The molecule has 1 unspecified atom stereocenters. The van der Waals surface area contributed by atoms with Gasteiger partial charge >= 0.3 is 0 Å². The summed E-state index contributed by atoms with van der Waals surface area (Å²) in [5, 5.41) is 3.59. The second-order valence-corrected chi connectivity index (χ2v) is 4.94. The number of aromatic nitrogens is 1. The zero-order valence-corrected chi connectivity index (χ0v) is 12.1. The Morgan fingerprint density at radius 2 is 2.32 bits per heavy atom. The third-order valence-corrected chi connectivity index (χ3v) is 3.59. The lowest BCUT2D eigenvalue weighted by Gasteiger charge is -2.31. The maximum atomic E-state index is 5.68. The molecular weight excluding hydrogens is 238 g/mol. The number of pyridine rings is 1.